The Labute approximate surface area is 208 Å². The van der Waals surface area contributed by atoms with E-state index in [1.807, 2.05) is 18.2 Å². The molecular weight excluding hydrogens is 516 g/mol. The SMILES string of the molecule is CC(O)C(=O)On1c(=O)c(-c2nc3ccc(N4CCN(C)CC4)cc3[nH]2)c([As])c2c(F)cccc21. The molecule has 2 aromatic heterocycles. The van der Waals surface area contributed by atoms with Gasteiger partial charge in [0.25, 0.3) is 0 Å². The summed E-state index contributed by atoms with van der Waals surface area (Å²) < 4.78 is 15.9. The zero-order valence-electron chi connectivity index (χ0n) is 19.2. The Hall–Kier alpha value is -3.20. The van der Waals surface area contributed by atoms with Gasteiger partial charge in [-0.3, -0.25) is 0 Å². The van der Waals surface area contributed by atoms with Crippen molar-refractivity contribution in [2.24, 2.45) is 0 Å². The second-order valence-electron chi connectivity index (χ2n) is 8.62. The fourth-order valence-electron chi connectivity index (χ4n) is 4.20. The van der Waals surface area contributed by atoms with Crippen LogP contribution in [0.15, 0.2) is 41.2 Å². The molecule has 0 bridgehead atoms. The Morgan fingerprint density at radius 3 is 2.69 bits per heavy atom. The van der Waals surface area contributed by atoms with Crippen molar-refractivity contribution in [1.29, 1.82) is 0 Å². The fraction of sp³-hybridized carbons (Fsp3) is 0.292. The number of pyridine rings is 1. The van der Waals surface area contributed by atoms with Crippen molar-refractivity contribution in [2.45, 2.75) is 13.0 Å². The van der Waals surface area contributed by atoms with Crippen molar-refractivity contribution in [2.75, 3.05) is 38.1 Å². The molecule has 1 saturated heterocycles. The van der Waals surface area contributed by atoms with Crippen LogP contribution in [0.3, 0.4) is 0 Å². The molecule has 11 heteroatoms. The summed E-state index contributed by atoms with van der Waals surface area (Å²) in [5.41, 5.74) is 1.83. The summed E-state index contributed by atoms with van der Waals surface area (Å²) in [6.07, 6.45) is -1.47. The molecule has 0 saturated carbocycles. The molecule has 2 aromatic carbocycles. The number of rotatable bonds is 4. The third-order valence-corrected chi connectivity index (χ3v) is 7.11. The number of aliphatic hydroxyl groups is 1. The first-order valence-corrected chi connectivity index (χ1v) is 12.1. The summed E-state index contributed by atoms with van der Waals surface area (Å²) in [5.74, 6) is -1.40. The first kappa shape index (κ1) is 23.5. The van der Waals surface area contributed by atoms with Crippen molar-refractivity contribution in [3.8, 4) is 11.4 Å². The number of benzene rings is 2. The molecule has 1 aliphatic heterocycles. The van der Waals surface area contributed by atoms with Gasteiger partial charge in [0.2, 0.25) is 0 Å². The van der Waals surface area contributed by atoms with Gasteiger partial charge in [-0.1, -0.05) is 0 Å². The number of carbonyl (C=O) groups excluding carboxylic acids is 1. The maximum absolute atomic E-state index is 14.9. The normalized spacial score (nSPS) is 15.6. The molecule has 1 aliphatic rings. The summed E-state index contributed by atoms with van der Waals surface area (Å²) in [6, 6.07) is 9.99. The third-order valence-electron chi connectivity index (χ3n) is 6.18. The maximum atomic E-state index is 14.9. The molecule has 180 valence electrons. The molecule has 5 rings (SSSR count). The molecule has 9 nitrogen and oxygen atoms in total. The van der Waals surface area contributed by atoms with Crippen molar-refractivity contribution in [1.82, 2.24) is 19.6 Å². The van der Waals surface area contributed by atoms with E-state index in [0.717, 1.165) is 37.4 Å². The number of nitrogens with one attached hydrogen (secondary N) is 1. The number of piperazine rings is 1. The Kier molecular flexibility index (Phi) is 6.12. The van der Waals surface area contributed by atoms with Gasteiger partial charge in [-0.25, -0.2) is 0 Å². The number of hydrogen-bond donors (Lipinski definition) is 2. The number of likely N-dealkylation sites (N-methyl/N-ethyl adjacent to an activating group) is 1. The summed E-state index contributed by atoms with van der Waals surface area (Å²) >= 11 is 2.21. The van der Waals surface area contributed by atoms with Crippen LogP contribution in [0, 0.1) is 5.82 Å². The van der Waals surface area contributed by atoms with Gasteiger partial charge in [-0.05, 0) is 0 Å². The quantitative estimate of drug-likeness (QED) is 0.366. The average molecular weight is 539 g/mol. The van der Waals surface area contributed by atoms with E-state index in [-0.39, 0.29) is 22.3 Å². The Balaban J connectivity index is 1.66. The molecule has 3 heterocycles. The summed E-state index contributed by atoms with van der Waals surface area (Å²) in [5, 5.41) is 9.69. The van der Waals surface area contributed by atoms with Crippen LogP contribution in [0.25, 0.3) is 33.3 Å². The van der Waals surface area contributed by atoms with Crippen LogP contribution in [0.5, 0.6) is 0 Å². The van der Waals surface area contributed by atoms with Crippen LogP contribution in [0.4, 0.5) is 10.1 Å². The number of imidazole rings is 1. The van der Waals surface area contributed by atoms with Gasteiger partial charge in [0, 0.05) is 0 Å². The molecular formula is C24H23AsFN5O4. The van der Waals surface area contributed by atoms with E-state index in [4.69, 9.17) is 4.84 Å². The zero-order chi connectivity index (χ0) is 24.9. The predicted octanol–water partition coefficient (Wildman–Crippen LogP) is 0.565. The number of hydrogen-bond acceptors (Lipinski definition) is 7. The monoisotopic (exact) mass is 539 g/mol. The van der Waals surface area contributed by atoms with E-state index in [1.165, 1.54) is 25.1 Å². The van der Waals surface area contributed by atoms with Gasteiger partial charge in [0.05, 0.1) is 0 Å². The van der Waals surface area contributed by atoms with Crippen LogP contribution >= 0.6 is 0 Å². The van der Waals surface area contributed by atoms with Crippen molar-refractivity contribution >= 4 is 54.8 Å². The second-order valence-corrected chi connectivity index (χ2v) is 9.56. The van der Waals surface area contributed by atoms with Gasteiger partial charge in [0.1, 0.15) is 0 Å². The van der Waals surface area contributed by atoms with Crippen molar-refractivity contribution < 1.29 is 19.1 Å². The average Bonchev–Trinajstić information content (AvgIpc) is 3.24. The van der Waals surface area contributed by atoms with Crippen molar-refractivity contribution in [3.05, 3.63) is 52.6 Å². The summed E-state index contributed by atoms with van der Waals surface area (Å²) in [6.45, 7) is 4.97. The number of aromatic amines is 1. The van der Waals surface area contributed by atoms with Gasteiger partial charge in [-0.15, -0.1) is 0 Å². The van der Waals surface area contributed by atoms with E-state index in [9.17, 15) is 19.1 Å². The fourth-order valence-corrected chi connectivity index (χ4v) is 5.09. The van der Waals surface area contributed by atoms with Crippen LogP contribution in [0.1, 0.15) is 6.92 Å². The van der Waals surface area contributed by atoms with Gasteiger partial charge < -0.3 is 0 Å². The molecule has 1 fully saturated rings. The number of carbonyl (C=O) groups is 1. The van der Waals surface area contributed by atoms with E-state index >= 15 is 0 Å². The van der Waals surface area contributed by atoms with Gasteiger partial charge >= 0.3 is 209 Å². The number of anilines is 1. The molecule has 4 aromatic rings. The number of halogens is 1. The van der Waals surface area contributed by atoms with Gasteiger partial charge in [-0.2, -0.15) is 0 Å². The Bertz CT molecular complexity index is 1510. The predicted molar refractivity (Wildman–Crippen MR) is 132 cm³/mol. The van der Waals surface area contributed by atoms with Crippen LogP contribution in [-0.2, 0) is 4.79 Å². The number of nitrogens with zero attached hydrogens (tertiary/aromatic N) is 4. The van der Waals surface area contributed by atoms with Crippen LogP contribution < -0.4 is 19.6 Å². The van der Waals surface area contributed by atoms with E-state index in [1.54, 1.807) is 0 Å². The molecule has 0 aliphatic carbocycles. The molecule has 2 radical (unpaired) electrons. The van der Waals surface area contributed by atoms with E-state index in [0.29, 0.717) is 14.6 Å². The van der Waals surface area contributed by atoms with Crippen LogP contribution in [-0.4, -0.2) is 86.9 Å². The zero-order valence-corrected chi connectivity index (χ0v) is 21.0. The number of fused-ring (bicyclic) bond motifs is 2. The first-order chi connectivity index (χ1) is 16.7. The first-order valence-electron chi connectivity index (χ1n) is 11.1. The minimum atomic E-state index is -1.47. The molecule has 0 spiro atoms. The molecule has 1 unspecified atom stereocenters. The molecule has 0 amide bonds. The second kappa shape index (κ2) is 9.11. The van der Waals surface area contributed by atoms with Crippen LogP contribution in [0.2, 0.25) is 0 Å². The Morgan fingerprint density at radius 1 is 1.23 bits per heavy atom. The van der Waals surface area contributed by atoms with Gasteiger partial charge in [0.15, 0.2) is 0 Å². The summed E-state index contributed by atoms with van der Waals surface area (Å²) in [4.78, 5) is 43.1. The molecule has 35 heavy (non-hydrogen) atoms. The number of H-pyrrole nitrogens is 1. The summed E-state index contributed by atoms with van der Waals surface area (Å²) in [7, 11) is 2.10. The number of aliphatic hydroxyl groups excluding tert-OH is 1. The number of aromatic nitrogens is 3. The van der Waals surface area contributed by atoms with E-state index < -0.39 is 23.4 Å². The van der Waals surface area contributed by atoms with Crippen molar-refractivity contribution in [3.63, 3.8) is 0 Å². The molecule has 2 N–H and O–H groups in total. The third kappa shape index (κ3) is 4.22. The minimum absolute atomic E-state index is 0.0540. The Morgan fingerprint density at radius 2 is 1.97 bits per heavy atom. The van der Waals surface area contributed by atoms with E-state index in [2.05, 4.69) is 43.7 Å². The molecule has 1 atom stereocenters. The standard InChI is InChI=1S/C24H23AsFN5O4/c1-13(32)24(34)35-31-18-5-3-4-15(26)19(18)21(25)20(23(31)33)22-27-16-7-6-14(12-17(16)28-22)30-10-8-29(2)9-11-30/h3-7,12-13,32H,8-11H2,1-2H3,(H,27,28). The topological polar surface area (TPSA) is 104 Å².